The van der Waals surface area contributed by atoms with E-state index in [0.717, 1.165) is 16.9 Å². The lowest BCUT2D eigenvalue weighted by Crippen LogP contribution is -2.12. The molecule has 5 nitrogen and oxygen atoms in total. The second-order valence-corrected chi connectivity index (χ2v) is 5.17. The third-order valence-electron chi connectivity index (χ3n) is 3.61. The molecular weight excluding hydrogens is 276 g/mol. The Labute approximate surface area is 128 Å². The Morgan fingerprint density at radius 2 is 1.64 bits per heavy atom. The third-order valence-corrected chi connectivity index (χ3v) is 3.61. The number of benzene rings is 2. The number of hydrogen-bond acceptors (Lipinski definition) is 3. The fraction of sp³-hybridized carbons (Fsp3) is 0.118. The van der Waals surface area contributed by atoms with Crippen LogP contribution in [0.15, 0.2) is 55.1 Å². The SMILES string of the molecule is Cc1ccc(NC(=O)c2ccc(-n3cnnc3)cc2)cc1C. The predicted molar refractivity (Wildman–Crippen MR) is 85.2 cm³/mol. The highest BCUT2D eigenvalue weighted by Gasteiger charge is 2.07. The lowest BCUT2D eigenvalue weighted by molar-refractivity contribution is 0.102. The standard InChI is InChI=1S/C17H16N4O/c1-12-3-6-15(9-13(12)2)20-17(22)14-4-7-16(8-5-14)21-10-18-19-11-21/h3-11H,1-2H3,(H,20,22). The van der Waals surface area contributed by atoms with E-state index in [0.29, 0.717) is 5.56 Å². The second kappa shape index (κ2) is 5.81. The van der Waals surface area contributed by atoms with Crippen molar-refractivity contribution < 1.29 is 4.79 Å². The highest BCUT2D eigenvalue weighted by molar-refractivity contribution is 6.04. The second-order valence-electron chi connectivity index (χ2n) is 5.17. The van der Waals surface area contributed by atoms with Gasteiger partial charge in [0.05, 0.1) is 0 Å². The van der Waals surface area contributed by atoms with Crippen molar-refractivity contribution in [3.05, 3.63) is 71.8 Å². The first-order chi connectivity index (χ1) is 10.6. The molecule has 2 aromatic carbocycles. The van der Waals surface area contributed by atoms with E-state index in [1.165, 1.54) is 5.56 Å². The van der Waals surface area contributed by atoms with Crippen molar-refractivity contribution in [1.82, 2.24) is 14.8 Å². The minimum absolute atomic E-state index is 0.126. The number of carbonyl (C=O) groups is 1. The molecule has 0 spiro atoms. The Hall–Kier alpha value is -2.95. The molecule has 0 fully saturated rings. The normalized spacial score (nSPS) is 10.5. The topological polar surface area (TPSA) is 59.8 Å². The number of hydrogen-bond donors (Lipinski definition) is 1. The lowest BCUT2D eigenvalue weighted by Gasteiger charge is -2.08. The van der Waals surface area contributed by atoms with E-state index in [2.05, 4.69) is 15.5 Å². The number of anilines is 1. The van der Waals surface area contributed by atoms with Crippen LogP contribution in [0.5, 0.6) is 0 Å². The van der Waals surface area contributed by atoms with E-state index in [1.807, 2.05) is 44.2 Å². The van der Waals surface area contributed by atoms with Gasteiger partial charge in [0.2, 0.25) is 0 Å². The zero-order valence-electron chi connectivity index (χ0n) is 12.4. The molecule has 0 aliphatic carbocycles. The molecule has 0 saturated heterocycles. The Balaban J connectivity index is 1.76. The summed E-state index contributed by atoms with van der Waals surface area (Å²) in [5, 5.41) is 10.4. The first kappa shape index (κ1) is 14.0. The lowest BCUT2D eigenvalue weighted by atomic mass is 10.1. The highest BCUT2D eigenvalue weighted by atomic mass is 16.1. The Kier molecular flexibility index (Phi) is 3.70. The number of carbonyl (C=O) groups excluding carboxylic acids is 1. The molecule has 1 N–H and O–H groups in total. The maximum absolute atomic E-state index is 12.3. The van der Waals surface area contributed by atoms with Gasteiger partial charge in [-0.15, -0.1) is 10.2 Å². The van der Waals surface area contributed by atoms with Crippen LogP contribution in [0.4, 0.5) is 5.69 Å². The van der Waals surface area contributed by atoms with Gasteiger partial charge in [-0.1, -0.05) is 6.07 Å². The average molecular weight is 292 g/mol. The summed E-state index contributed by atoms with van der Waals surface area (Å²) < 4.78 is 1.78. The van der Waals surface area contributed by atoms with E-state index in [4.69, 9.17) is 0 Å². The van der Waals surface area contributed by atoms with Gasteiger partial charge in [-0.2, -0.15) is 0 Å². The van der Waals surface area contributed by atoms with Crippen LogP contribution in [0.1, 0.15) is 21.5 Å². The first-order valence-electron chi connectivity index (χ1n) is 6.97. The Morgan fingerprint density at radius 1 is 0.955 bits per heavy atom. The van der Waals surface area contributed by atoms with Crippen molar-refractivity contribution in [2.75, 3.05) is 5.32 Å². The van der Waals surface area contributed by atoms with Crippen LogP contribution >= 0.6 is 0 Å². The number of aryl methyl sites for hydroxylation is 2. The largest absolute Gasteiger partial charge is 0.322 e. The van der Waals surface area contributed by atoms with Crippen LogP contribution < -0.4 is 5.32 Å². The monoisotopic (exact) mass is 292 g/mol. The van der Waals surface area contributed by atoms with Crippen LogP contribution in [0.3, 0.4) is 0 Å². The van der Waals surface area contributed by atoms with Crippen molar-refractivity contribution in [2.24, 2.45) is 0 Å². The first-order valence-corrected chi connectivity index (χ1v) is 6.97. The quantitative estimate of drug-likeness (QED) is 0.806. The van der Waals surface area contributed by atoms with E-state index in [1.54, 1.807) is 29.4 Å². The summed E-state index contributed by atoms with van der Waals surface area (Å²) in [4.78, 5) is 12.3. The minimum Gasteiger partial charge on any atom is -0.322 e. The maximum atomic E-state index is 12.3. The van der Waals surface area contributed by atoms with E-state index in [-0.39, 0.29) is 5.91 Å². The van der Waals surface area contributed by atoms with Gasteiger partial charge in [0, 0.05) is 16.9 Å². The maximum Gasteiger partial charge on any atom is 0.255 e. The van der Waals surface area contributed by atoms with Gasteiger partial charge in [0.15, 0.2) is 0 Å². The summed E-state index contributed by atoms with van der Waals surface area (Å²) >= 11 is 0. The molecule has 110 valence electrons. The van der Waals surface area contributed by atoms with Gasteiger partial charge >= 0.3 is 0 Å². The summed E-state index contributed by atoms with van der Waals surface area (Å²) in [6, 6.07) is 13.2. The molecule has 0 atom stereocenters. The zero-order valence-corrected chi connectivity index (χ0v) is 12.4. The van der Waals surface area contributed by atoms with Crippen LogP contribution in [0.2, 0.25) is 0 Å². The zero-order chi connectivity index (χ0) is 15.5. The molecular formula is C17H16N4O. The molecule has 5 heteroatoms. The van der Waals surface area contributed by atoms with Crippen molar-refractivity contribution in [2.45, 2.75) is 13.8 Å². The molecule has 0 saturated carbocycles. The summed E-state index contributed by atoms with van der Waals surface area (Å²) in [5.41, 5.74) is 4.68. The Morgan fingerprint density at radius 3 is 2.27 bits per heavy atom. The molecule has 1 amide bonds. The summed E-state index contributed by atoms with van der Waals surface area (Å²) in [6.07, 6.45) is 3.23. The summed E-state index contributed by atoms with van der Waals surface area (Å²) in [5.74, 6) is -0.126. The third kappa shape index (κ3) is 2.88. The van der Waals surface area contributed by atoms with Gasteiger partial charge < -0.3 is 5.32 Å². The molecule has 22 heavy (non-hydrogen) atoms. The van der Waals surface area contributed by atoms with Crippen molar-refractivity contribution in [1.29, 1.82) is 0 Å². The molecule has 0 unspecified atom stereocenters. The fourth-order valence-electron chi connectivity index (χ4n) is 2.14. The smallest absolute Gasteiger partial charge is 0.255 e. The van der Waals surface area contributed by atoms with Crippen molar-refractivity contribution >= 4 is 11.6 Å². The number of nitrogens with zero attached hydrogens (tertiary/aromatic N) is 3. The number of amides is 1. The van der Waals surface area contributed by atoms with Gasteiger partial charge in [-0.25, -0.2) is 0 Å². The number of nitrogens with one attached hydrogen (secondary N) is 1. The molecule has 3 rings (SSSR count). The Bertz CT molecular complexity index is 792. The van der Waals surface area contributed by atoms with Gasteiger partial charge in [-0.05, 0) is 61.4 Å². The van der Waals surface area contributed by atoms with Crippen LogP contribution in [-0.4, -0.2) is 20.7 Å². The van der Waals surface area contributed by atoms with Crippen molar-refractivity contribution in [3.63, 3.8) is 0 Å². The minimum atomic E-state index is -0.126. The van der Waals surface area contributed by atoms with Crippen LogP contribution in [0.25, 0.3) is 5.69 Å². The van der Waals surface area contributed by atoms with Crippen LogP contribution in [0, 0.1) is 13.8 Å². The molecule has 0 bridgehead atoms. The van der Waals surface area contributed by atoms with Gasteiger partial charge in [0.1, 0.15) is 12.7 Å². The predicted octanol–water partition coefficient (Wildman–Crippen LogP) is 3.14. The number of rotatable bonds is 3. The molecule has 3 aromatic rings. The van der Waals surface area contributed by atoms with E-state index >= 15 is 0 Å². The fourth-order valence-corrected chi connectivity index (χ4v) is 2.14. The van der Waals surface area contributed by atoms with E-state index < -0.39 is 0 Å². The highest BCUT2D eigenvalue weighted by Crippen LogP contribution is 2.16. The number of aromatic nitrogens is 3. The molecule has 0 radical (unpaired) electrons. The van der Waals surface area contributed by atoms with Crippen LogP contribution in [-0.2, 0) is 0 Å². The van der Waals surface area contributed by atoms with Gasteiger partial charge in [-0.3, -0.25) is 9.36 Å². The average Bonchev–Trinajstić information content (AvgIpc) is 3.05. The molecule has 1 heterocycles. The summed E-state index contributed by atoms with van der Waals surface area (Å²) in [6.45, 7) is 4.07. The van der Waals surface area contributed by atoms with Crippen molar-refractivity contribution in [3.8, 4) is 5.69 Å². The molecule has 0 aliphatic rings. The molecule has 0 aliphatic heterocycles. The van der Waals surface area contributed by atoms with Gasteiger partial charge in [0.25, 0.3) is 5.91 Å². The van der Waals surface area contributed by atoms with E-state index in [9.17, 15) is 4.79 Å². The summed E-state index contributed by atoms with van der Waals surface area (Å²) in [7, 11) is 0. The molecule has 1 aromatic heterocycles.